The van der Waals surface area contributed by atoms with E-state index in [1.54, 1.807) is 12.4 Å². The molecule has 0 aromatic carbocycles. The first-order chi connectivity index (χ1) is 6.83. The summed E-state index contributed by atoms with van der Waals surface area (Å²) in [5.74, 6) is 0. The molecule has 0 fully saturated rings. The Kier molecular flexibility index (Phi) is 3.81. The Balaban J connectivity index is 3.17. The summed E-state index contributed by atoms with van der Waals surface area (Å²) in [5.41, 5.74) is 2.69. The van der Waals surface area contributed by atoms with E-state index in [0.29, 0.717) is 0 Å². The van der Waals surface area contributed by atoms with Crippen molar-refractivity contribution in [1.82, 2.24) is 9.97 Å². The van der Waals surface area contributed by atoms with Gasteiger partial charge in [-0.05, 0) is 12.8 Å². The summed E-state index contributed by atoms with van der Waals surface area (Å²) in [5, 5.41) is 9.05. The minimum absolute atomic E-state index is 0.718. The van der Waals surface area contributed by atoms with E-state index in [4.69, 9.17) is 5.26 Å². The van der Waals surface area contributed by atoms with Crippen LogP contribution in [0.5, 0.6) is 0 Å². The van der Waals surface area contributed by atoms with E-state index in [-0.39, 0.29) is 0 Å². The molecule has 0 aliphatic heterocycles. The summed E-state index contributed by atoms with van der Waals surface area (Å²) in [6.07, 6.45) is 6.62. The van der Waals surface area contributed by atoms with Gasteiger partial charge in [0.25, 0.3) is 0 Å². The highest BCUT2D eigenvalue weighted by Gasteiger charge is 2.06. The Morgan fingerprint density at radius 2 is 1.86 bits per heavy atom. The molecular weight excluding hydrogens is 174 g/mol. The van der Waals surface area contributed by atoms with Crippen LogP contribution in [0.2, 0.25) is 0 Å². The van der Waals surface area contributed by atoms with Gasteiger partial charge in [-0.1, -0.05) is 19.4 Å². The lowest BCUT2D eigenvalue weighted by atomic mass is 10.00. The lowest BCUT2D eigenvalue weighted by Crippen LogP contribution is -1.90. The monoisotopic (exact) mass is 187 g/mol. The number of nitriles is 1. The molecule has 0 aliphatic rings. The number of rotatable bonds is 3. The van der Waals surface area contributed by atoms with Crippen molar-refractivity contribution < 1.29 is 0 Å². The second-order valence-electron chi connectivity index (χ2n) is 2.92. The van der Waals surface area contributed by atoms with Crippen molar-refractivity contribution in [2.45, 2.75) is 26.7 Å². The van der Waals surface area contributed by atoms with Crippen LogP contribution in [0.25, 0.3) is 5.57 Å². The Hall–Kier alpha value is -1.69. The van der Waals surface area contributed by atoms with Crippen LogP contribution in [0.1, 0.15) is 32.3 Å². The zero-order valence-electron chi connectivity index (χ0n) is 8.49. The van der Waals surface area contributed by atoms with Gasteiger partial charge in [0.1, 0.15) is 6.33 Å². The van der Waals surface area contributed by atoms with Crippen LogP contribution in [0.3, 0.4) is 0 Å². The second kappa shape index (κ2) is 5.13. The Labute approximate surface area is 84.1 Å². The van der Waals surface area contributed by atoms with Gasteiger partial charge in [0.15, 0.2) is 0 Å². The normalized spacial score (nSPS) is 9.21. The van der Waals surface area contributed by atoms with E-state index in [1.165, 1.54) is 6.33 Å². The lowest BCUT2D eigenvalue weighted by molar-refractivity contribution is 0.982. The van der Waals surface area contributed by atoms with Crippen LogP contribution in [0.4, 0.5) is 0 Å². The third-order valence-corrected chi connectivity index (χ3v) is 2.17. The standard InChI is InChI=1S/C11H13N3/c1-3-9(4-2)11(5-12)10-6-13-8-14-7-10/h6-8H,3-4H2,1-2H3. The molecule has 0 radical (unpaired) electrons. The molecule has 0 saturated heterocycles. The Bertz CT molecular complexity index is 354. The fourth-order valence-corrected chi connectivity index (χ4v) is 1.38. The molecule has 1 aromatic rings. The summed E-state index contributed by atoms with van der Waals surface area (Å²) in [6, 6.07) is 2.22. The van der Waals surface area contributed by atoms with Crippen molar-refractivity contribution >= 4 is 5.57 Å². The summed E-state index contributed by atoms with van der Waals surface area (Å²) < 4.78 is 0. The zero-order valence-corrected chi connectivity index (χ0v) is 8.49. The summed E-state index contributed by atoms with van der Waals surface area (Å²) in [6.45, 7) is 4.11. The van der Waals surface area contributed by atoms with Crippen LogP contribution < -0.4 is 0 Å². The fourth-order valence-electron chi connectivity index (χ4n) is 1.38. The Morgan fingerprint density at radius 3 is 2.29 bits per heavy atom. The van der Waals surface area contributed by atoms with Gasteiger partial charge < -0.3 is 0 Å². The quantitative estimate of drug-likeness (QED) is 0.683. The smallest absolute Gasteiger partial charge is 0.115 e. The molecule has 0 unspecified atom stereocenters. The zero-order chi connectivity index (χ0) is 10.4. The molecule has 3 nitrogen and oxygen atoms in total. The number of allylic oxidation sites excluding steroid dienone is 2. The summed E-state index contributed by atoms with van der Waals surface area (Å²) >= 11 is 0. The van der Waals surface area contributed by atoms with Gasteiger partial charge in [-0.2, -0.15) is 5.26 Å². The van der Waals surface area contributed by atoms with Crippen LogP contribution in [0.15, 0.2) is 24.3 Å². The molecule has 0 N–H and O–H groups in total. The molecule has 0 saturated carbocycles. The first-order valence-corrected chi connectivity index (χ1v) is 4.71. The van der Waals surface area contributed by atoms with Gasteiger partial charge >= 0.3 is 0 Å². The van der Waals surface area contributed by atoms with E-state index < -0.39 is 0 Å². The molecule has 14 heavy (non-hydrogen) atoms. The topological polar surface area (TPSA) is 49.6 Å². The summed E-state index contributed by atoms with van der Waals surface area (Å²) in [4.78, 5) is 7.82. The largest absolute Gasteiger partial charge is 0.244 e. The van der Waals surface area contributed by atoms with E-state index in [1.807, 2.05) is 0 Å². The van der Waals surface area contributed by atoms with Gasteiger partial charge in [-0.3, -0.25) is 0 Å². The number of nitrogens with zero attached hydrogens (tertiary/aromatic N) is 3. The minimum Gasteiger partial charge on any atom is -0.244 e. The molecule has 1 aromatic heterocycles. The third kappa shape index (κ3) is 2.17. The predicted molar refractivity (Wildman–Crippen MR) is 55.1 cm³/mol. The van der Waals surface area contributed by atoms with Gasteiger partial charge in [-0.15, -0.1) is 0 Å². The van der Waals surface area contributed by atoms with Crippen LogP contribution in [0, 0.1) is 11.3 Å². The first-order valence-electron chi connectivity index (χ1n) is 4.71. The van der Waals surface area contributed by atoms with Crippen LogP contribution >= 0.6 is 0 Å². The molecule has 1 heterocycles. The highest BCUT2D eigenvalue weighted by molar-refractivity contribution is 5.78. The molecule has 1 rings (SSSR count). The van der Waals surface area contributed by atoms with Crippen LogP contribution in [-0.4, -0.2) is 9.97 Å². The van der Waals surface area contributed by atoms with E-state index in [0.717, 1.165) is 29.6 Å². The van der Waals surface area contributed by atoms with Gasteiger partial charge in [0, 0.05) is 18.0 Å². The van der Waals surface area contributed by atoms with Crippen molar-refractivity contribution in [3.05, 3.63) is 29.9 Å². The third-order valence-electron chi connectivity index (χ3n) is 2.17. The van der Waals surface area contributed by atoms with Gasteiger partial charge in [-0.25, -0.2) is 9.97 Å². The van der Waals surface area contributed by atoms with Crippen LogP contribution in [-0.2, 0) is 0 Å². The number of hydrogen-bond donors (Lipinski definition) is 0. The Morgan fingerprint density at radius 1 is 1.29 bits per heavy atom. The maximum Gasteiger partial charge on any atom is 0.115 e. The minimum atomic E-state index is 0.718. The highest BCUT2D eigenvalue weighted by atomic mass is 14.8. The van der Waals surface area contributed by atoms with Crippen molar-refractivity contribution in [1.29, 1.82) is 5.26 Å². The average Bonchev–Trinajstić information content (AvgIpc) is 2.27. The maximum absolute atomic E-state index is 9.05. The number of hydrogen-bond acceptors (Lipinski definition) is 3. The molecule has 0 aliphatic carbocycles. The molecule has 0 spiro atoms. The van der Waals surface area contributed by atoms with Gasteiger partial charge in [0.2, 0.25) is 0 Å². The van der Waals surface area contributed by atoms with Crippen molar-refractivity contribution in [3.8, 4) is 6.07 Å². The predicted octanol–water partition coefficient (Wildman–Crippen LogP) is 2.57. The maximum atomic E-state index is 9.05. The molecule has 0 atom stereocenters. The second-order valence-corrected chi connectivity index (χ2v) is 2.92. The lowest BCUT2D eigenvalue weighted by Gasteiger charge is -2.04. The highest BCUT2D eigenvalue weighted by Crippen LogP contribution is 2.20. The van der Waals surface area contributed by atoms with E-state index >= 15 is 0 Å². The number of aromatic nitrogens is 2. The van der Waals surface area contributed by atoms with Crippen molar-refractivity contribution in [3.63, 3.8) is 0 Å². The van der Waals surface area contributed by atoms with E-state index in [2.05, 4.69) is 29.9 Å². The molecule has 0 bridgehead atoms. The van der Waals surface area contributed by atoms with Gasteiger partial charge in [0.05, 0.1) is 11.6 Å². The molecule has 3 heteroatoms. The molecular formula is C11H13N3. The molecule has 72 valence electrons. The SMILES string of the molecule is CCC(CC)=C(C#N)c1cncnc1. The summed E-state index contributed by atoms with van der Waals surface area (Å²) in [7, 11) is 0. The van der Waals surface area contributed by atoms with Crippen molar-refractivity contribution in [2.24, 2.45) is 0 Å². The average molecular weight is 187 g/mol. The fraction of sp³-hybridized carbons (Fsp3) is 0.364. The van der Waals surface area contributed by atoms with Crippen molar-refractivity contribution in [2.75, 3.05) is 0 Å². The van der Waals surface area contributed by atoms with E-state index in [9.17, 15) is 0 Å². The molecule has 0 amide bonds. The first kappa shape index (κ1) is 10.4.